The molecule has 1 saturated carbocycles. The number of hydrogen-bond donors (Lipinski definition) is 1. The molecule has 6 rings (SSSR count). The van der Waals surface area contributed by atoms with Gasteiger partial charge in [0.1, 0.15) is 23.3 Å². The average Bonchev–Trinajstić information content (AvgIpc) is 3.41. The molecule has 296 valence electrons. The highest BCUT2D eigenvalue weighted by Crippen LogP contribution is 2.57. The van der Waals surface area contributed by atoms with Crippen LogP contribution in [0, 0.1) is 35.8 Å². The Labute approximate surface area is 322 Å². The van der Waals surface area contributed by atoms with Crippen LogP contribution in [0.1, 0.15) is 101 Å². The number of aryl methyl sites for hydroxylation is 1. The highest BCUT2D eigenvalue weighted by molar-refractivity contribution is 5.97. The molecule has 0 bridgehead atoms. The molecule has 4 aliphatic rings. The summed E-state index contributed by atoms with van der Waals surface area (Å²) in [5, 5.41) is 3.03. The zero-order chi connectivity index (χ0) is 39.5. The second-order valence-corrected chi connectivity index (χ2v) is 16.7. The molecule has 1 N–H and O–H groups in total. The molecule has 0 spiro atoms. The van der Waals surface area contributed by atoms with Gasteiger partial charge in [-0.25, -0.2) is 13.6 Å². The predicted molar refractivity (Wildman–Crippen MR) is 200 cm³/mol. The Morgan fingerprint density at radius 2 is 1.84 bits per heavy atom. The molecule has 12 heteroatoms. The first-order valence-corrected chi connectivity index (χ1v) is 19.6. The number of nitrogens with one attached hydrogen (secondary N) is 1. The summed E-state index contributed by atoms with van der Waals surface area (Å²) in [4.78, 5) is 72.2. The lowest BCUT2D eigenvalue weighted by molar-refractivity contribution is -0.159. The smallest absolute Gasteiger partial charge is 0.410 e. The van der Waals surface area contributed by atoms with E-state index in [0.29, 0.717) is 43.4 Å². The van der Waals surface area contributed by atoms with Gasteiger partial charge >= 0.3 is 12.1 Å². The van der Waals surface area contributed by atoms with Gasteiger partial charge in [-0.1, -0.05) is 43.2 Å². The van der Waals surface area contributed by atoms with E-state index in [1.807, 2.05) is 13.0 Å². The molecule has 3 heterocycles. The number of hydrogen-bond acceptors (Lipinski definition) is 7. The molecular weight excluding hydrogens is 708 g/mol. The first kappa shape index (κ1) is 40.1. The van der Waals surface area contributed by atoms with Crippen molar-refractivity contribution in [1.82, 2.24) is 15.1 Å². The maximum Gasteiger partial charge on any atom is 0.410 e. The summed E-state index contributed by atoms with van der Waals surface area (Å²) in [5.74, 6) is -3.09. The molecule has 2 fully saturated rings. The minimum Gasteiger partial charge on any atom is -0.460 e. The van der Waals surface area contributed by atoms with E-state index in [1.165, 1.54) is 28.0 Å². The maximum atomic E-state index is 14.5. The van der Waals surface area contributed by atoms with Crippen LogP contribution >= 0.6 is 0 Å². The number of ether oxygens (including phenoxy) is 2. The minimum atomic E-state index is -1.00. The number of benzene rings is 2. The normalized spacial score (nSPS) is 26.2. The van der Waals surface area contributed by atoms with E-state index in [9.17, 15) is 32.8 Å². The Balaban J connectivity index is 1.22. The molecule has 2 aromatic carbocycles. The van der Waals surface area contributed by atoms with E-state index in [2.05, 4.69) is 11.4 Å². The van der Waals surface area contributed by atoms with Crippen LogP contribution in [0.4, 0.5) is 13.6 Å². The maximum absolute atomic E-state index is 14.5. The van der Waals surface area contributed by atoms with Crippen molar-refractivity contribution in [2.24, 2.45) is 17.3 Å². The lowest BCUT2D eigenvalue weighted by Crippen LogP contribution is -2.46. The molecule has 3 aliphatic heterocycles. The van der Waals surface area contributed by atoms with E-state index in [4.69, 9.17) is 9.47 Å². The largest absolute Gasteiger partial charge is 0.460 e. The van der Waals surface area contributed by atoms with Gasteiger partial charge in [0.15, 0.2) is 5.78 Å². The Morgan fingerprint density at radius 1 is 1.04 bits per heavy atom. The fraction of sp³-hybridized carbons (Fsp3) is 0.558. The zero-order valence-electron chi connectivity index (χ0n) is 32.3. The standard InChI is InChI=1S/C43H53F2N3O7/c1-27-19-32(44)16-15-28(27)17-18-46-40(52)43-22-31(43)13-9-7-5-6-8-11-29(20-38(50)55-42(2,3)4)39(51)48-25-33(21-36(48)37(49)23-43)54-41(53)47-24-30-12-10-14-35(45)34(30)26-47/h9-10,12-16,19,29,31,33,36H,5-8,11,17-18,20-26H2,1-4H3,(H,46,52)/b13-9-/t29?,31?,33?,36-,43?/m0/s1. The number of allylic oxidation sites excluding steroid dienone is 2. The average molecular weight is 762 g/mol. The van der Waals surface area contributed by atoms with E-state index in [-0.39, 0.29) is 68.2 Å². The second kappa shape index (κ2) is 16.6. The van der Waals surface area contributed by atoms with Crippen LogP contribution in [0.5, 0.6) is 0 Å². The van der Waals surface area contributed by atoms with Crippen molar-refractivity contribution < 1.29 is 42.2 Å². The topological polar surface area (TPSA) is 122 Å². The summed E-state index contributed by atoms with van der Waals surface area (Å²) in [6.45, 7) is 7.58. The van der Waals surface area contributed by atoms with Crippen LogP contribution in [-0.4, -0.2) is 70.3 Å². The van der Waals surface area contributed by atoms with Crippen LogP contribution in [-0.2, 0) is 48.2 Å². The van der Waals surface area contributed by atoms with E-state index in [0.717, 1.165) is 30.4 Å². The molecule has 55 heavy (non-hydrogen) atoms. The first-order chi connectivity index (χ1) is 26.1. The number of Topliss-reactive ketones (excluding diaryl/α,β-unsaturated/α-hetero) is 1. The van der Waals surface area contributed by atoms with Crippen LogP contribution in [0.3, 0.4) is 0 Å². The van der Waals surface area contributed by atoms with Crippen molar-refractivity contribution in [2.75, 3.05) is 13.1 Å². The Kier molecular flexibility index (Phi) is 12.1. The summed E-state index contributed by atoms with van der Waals surface area (Å²) in [6.07, 6.45) is 6.90. The third-order valence-corrected chi connectivity index (χ3v) is 11.4. The van der Waals surface area contributed by atoms with Crippen molar-refractivity contribution in [2.45, 2.75) is 123 Å². The third kappa shape index (κ3) is 9.62. The summed E-state index contributed by atoms with van der Waals surface area (Å²) < 4.78 is 39.7. The number of rotatable bonds is 7. The fourth-order valence-electron chi connectivity index (χ4n) is 8.37. The number of carbonyl (C=O) groups excluding carboxylic acids is 5. The van der Waals surface area contributed by atoms with E-state index in [1.54, 1.807) is 39.0 Å². The number of halogens is 2. The summed E-state index contributed by atoms with van der Waals surface area (Å²) in [5.41, 5.74) is 1.07. The van der Waals surface area contributed by atoms with Gasteiger partial charge in [-0.15, -0.1) is 0 Å². The monoisotopic (exact) mass is 761 g/mol. The summed E-state index contributed by atoms with van der Waals surface area (Å²) >= 11 is 0. The van der Waals surface area contributed by atoms with Crippen LogP contribution in [0.2, 0.25) is 0 Å². The summed E-state index contributed by atoms with van der Waals surface area (Å²) in [7, 11) is 0. The minimum absolute atomic E-state index is 0.0344. The highest BCUT2D eigenvalue weighted by Gasteiger charge is 2.60. The van der Waals surface area contributed by atoms with Gasteiger partial charge in [0.2, 0.25) is 11.8 Å². The van der Waals surface area contributed by atoms with E-state index >= 15 is 0 Å². The molecule has 1 saturated heterocycles. The van der Waals surface area contributed by atoms with Gasteiger partial charge in [0.05, 0.1) is 31.0 Å². The quantitative estimate of drug-likeness (QED) is 0.241. The molecule has 4 unspecified atom stereocenters. The Morgan fingerprint density at radius 3 is 2.58 bits per heavy atom. The SMILES string of the molecule is Cc1cc(F)ccc1CCNC(=O)C12CC(=O)[C@@H]3CC(OC(=O)N4Cc5cccc(F)c5C4)CN3C(=O)C(CC(=O)OC(C)(C)C)CCCCC/C=C\C1C2. The number of nitrogens with zero attached hydrogens (tertiary/aromatic N) is 2. The first-order valence-electron chi connectivity index (χ1n) is 19.6. The third-order valence-electron chi connectivity index (χ3n) is 11.4. The lowest BCUT2D eigenvalue weighted by atomic mass is 9.90. The van der Waals surface area contributed by atoms with Gasteiger partial charge in [-0.2, -0.15) is 0 Å². The van der Waals surface area contributed by atoms with Crippen LogP contribution in [0.25, 0.3) is 0 Å². The number of amides is 3. The molecule has 0 radical (unpaired) electrons. The van der Waals surface area contributed by atoms with E-state index < -0.39 is 47.0 Å². The molecule has 5 atom stereocenters. The number of esters is 1. The zero-order valence-corrected chi connectivity index (χ0v) is 32.3. The second-order valence-electron chi connectivity index (χ2n) is 16.7. The highest BCUT2D eigenvalue weighted by atomic mass is 19.1. The number of fused-ring (bicyclic) bond motifs is 3. The van der Waals surface area contributed by atoms with Crippen molar-refractivity contribution in [3.05, 3.63) is 82.4 Å². The van der Waals surface area contributed by atoms with Crippen molar-refractivity contribution >= 4 is 29.7 Å². The molecule has 1 aliphatic carbocycles. The van der Waals surface area contributed by atoms with Gasteiger partial charge < -0.3 is 19.7 Å². The van der Waals surface area contributed by atoms with Crippen LogP contribution in [0.15, 0.2) is 48.6 Å². The Bertz CT molecular complexity index is 1840. The molecule has 0 aromatic heterocycles. The number of ketones is 1. The molecule has 3 amide bonds. The van der Waals surface area contributed by atoms with Crippen molar-refractivity contribution in [1.29, 1.82) is 0 Å². The summed E-state index contributed by atoms with van der Waals surface area (Å²) in [6, 6.07) is 8.27. The lowest BCUT2D eigenvalue weighted by Gasteiger charge is -2.29. The van der Waals surface area contributed by atoms with Crippen molar-refractivity contribution in [3.8, 4) is 0 Å². The number of carbonyl (C=O) groups is 5. The van der Waals surface area contributed by atoms with Gasteiger partial charge in [0, 0.05) is 37.4 Å². The van der Waals surface area contributed by atoms with Crippen molar-refractivity contribution in [3.63, 3.8) is 0 Å². The van der Waals surface area contributed by atoms with Crippen LogP contribution < -0.4 is 5.32 Å². The molecular formula is C43H53F2N3O7. The Hall–Kier alpha value is -4.61. The fourth-order valence-corrected chi connectivity index (χ4v) is 8.37. The van der Waals surface area contributed by atoms with Gasteiger partial charge in [0.25, 0.3) is 0 Å². The molecule has 10 nitrogen and oxygen atoms in total. The predicted octanol–water partition coefficient (Wildman–Crippen LogP) is 6.89. The van der Waals surface area contributed by atoms with Gasteiger partial charge in [-0.05, 0) is 101 Å². The van der Waals surface area contributed by atoms with Gasteiger partial charge in [-0.3, -0.25) is 24.1 Å². The molecule has 2 aromatic rings.